The van der Waals surface area contributed by atoms with Gasteiger partial charge in [0.2, 0.25) is 5.89 Å². The van der Waals surface area contributed by atoms with Gasteiger partial charge in [-0.15, -0.1) is 0 Å². The van der Waals surface area contributed by atoms with Crippen molar-refractivity contribution in [2.24, 2.45) is 5.73 Å². The molecule has 100 valence electrons. The maximum atomic E-state index is 6.28. The molecule has 2 fully saturated rings. The Morgan fingerprint density at radius 1 is 1.17 bits per heavy atom. The summed E-state index contributed by atoms with van der Waals surface area (Å²) < 4.78 is 5.55. The Kier molecular flexibility index (Phi) is 3.14. The van der Waals surface area contributed by atoms with Crippen LogP contribution in [-0.2, 0) is 5.41 Å². The molecular formula is C14H23N3O. The summed E-state index contributed by atoms with van der Waals surface area (Å²) in [6.45, 7) is 2.18. The molecule has 2 N–H and O–H groups in total. The highest BCUT2D eigenvalue weighted by Gasteiger charge is 2.41. The van der Waals surface area contributed by atoms with Crippen molar-refractivity contribution in [3.63, 3.8) is 0 Å². The molecule has 0 radical (unpaired) electrons. The van der Waals surface area contributed by atoms with Gasteiger partial charge in [0.05, 0.1) is 5.41 Å². The van der Waals surface area contributed by atoms with E-state index in [1.807, 2.05) is 0 Å². The highest BCUT2D eigenvalue weighted by atomic mass is 16.5. The summed E-state index contributed by atoms with van der Waals surface area (Å²) in [6, 6.07) is 0.156. The van der Waals surface area contributed by atoms with Crippen molar-refractivity contribution in [3.05, 3.63) is 11.7 Å². The van der Waals surface area contributed by atoms with Crippen molar-refractivity contribution in [2.45, 2.75) is 75.7 Å². The monoisotopic (exact) mass is 249 g/mol. The predicted octanol–water partition coefficient (Wildman–Crippen LogP) is 2.89. The van der Waals surface area contributed by atoms with Gasteiger partial charge >= 0.3 is 0 Å². The molecule has 3 rings (SSSR count). The number of rotatable bonds is 2. The van der Waals surface area contributed by atoms with Gasteiger partial charge in [-0.25, -0.2) is 0 Å². The number of hydrogen-bond acceptors (Lipinski definition) is 4. The lowest BCUT2D eigenvalue weighted by molar-refractivity contribution is 0.202. The fourth-order valence-corrected chi connectivity index (χ4v) is 3.44. The van der Waals surface area contributed by atoms with E-state index in [-0.39, 0.29) is 11.5 Å². The van der Waals surface area contributed by atoms with Crippen LogP contribution in [0.4, 0.5) is 0 Å². The van der Waals surface area contributed by atoms with Gasteiger partial charge in [0, 0.05) is 12.0 Å². The molecular weight excluding hydrogens is 226 g/mol. The summed E-state index contributed by atoms with van der Waals surface area (Å²) in [5.74, 6) is 2.21. The smallest absolute Gasteiger partial charge is 0.234 e. The van der Waals surface area contributed by atoms with Gasteiger partial charge in [-0.05, 0) is 32.6 Å². The molecule has 1 aromatic rings. The Labute approximate surface area is 108 Å². The Balaban J connectivity index is 1.83. The van der Waals surface area contributed by atoms with Gasteiger partial charge in [-0.2, -0.15) is 4.98 Å². The molecule has 1 aromatic heterocycles. The first-order valence-electron chi connectivity index (χ1n) is 7.30. The van der Waals surface area contributed by atoms with Crippen molar-refractivity contribution >= 4 is 0 Å². The van der Waals surface area contributed by atoms with Crippen molar-refractivity contribution in [3.8, 4) is 0 Å². The molecule has 0 aliphatic heterocycles. The van der Waals surface area contributed by atoms with E-state index in [0.29, 0.717) is 5.92 Å². The number of nitrogens with zero attached hydrogens (tertiary/aromatic N) is 2. The van der Waals surface area contributed by atoms with E-state index in [2.05, 4.69) is 17.1 Å². The minimum atomic E-state index is -0.109. The number of hydrogen-bond donors (Lipinski definition) is 1. The molecule has 4 nitrogen and oxygen atoms in total. The van der Waals surface area contributed by atoms with Crippen LogP contribution in [0.25, 0.3) is 0 Å². The third kappa shape index (κ3) is 1.96. The molecule has 2 aliphatic carbocycles. The Morgan fingerprint density at radius 2 is 1.89 bits per heavy atom. The molecule has 1 heterocycles. The second-order valence-electron chi connectivity index (χ2n) is 6.21. The molecule has 0 spiro atoms. The van der Waals surface area contributed by atoms with Crippen LogP contribution in [0.3, 0.4) is 0 Å². The van der Waals surface area contributed by atoms with Crippen LogP contribution in [0.5, 0.6) is 0 Å². The van der Waals surface area contributed by atoms with Crippen LogP contribution in [0, 0.1) is 0 Å². The SMILES string of the molecule is CC1(c2nc(C3CCCC3)no2)CCCCC1N. The molecule has 0 amide bonds. The minimum Gasteiger partial charge on any atom is -0.339 e. The van der Waals surface area contributed by atoms with Crippen LogP contribution in [0.15, 0.2) is 4.52 Å². The summed E-state index contributed by atoms with van der Waals surface area (Å²) in [4.78, 5) is 4.68. The van der Waals surface area contributed by atoms with Crippen molar-refractivity contribution in [1.29, 1.82) is 0 Å². The van der Waals surface area contributed by atoms with E-state index < -0.39 is 0 Å². The molecule has 18 heavy (non-hydrogen) atoms. The van der Waals surface area contributed by atoms with E-state index >= 15 is 0 Å². The van der Waals surface area contributed by atoms with Crippen LogP contribution in [0.2, 0.25) is 0 Å². The van der Waals surface area contributed by atoms with Gasteiger partial charge in [0.15, 0.2) is 5.82 Å². The van der Waals surface area contributed by atoms with Crippen molar-refractivity contribution in [2.75, 3.05) is 0 Å². The third-order valence-corrected chi connectivity index (χ3v) is 4.93. The molecule has 0 saturated heterocycles. The average molecular weight is 249 g/mol. The fourth-order valence-electron chi connectivity index (χ4n) is 3.44. The fraction of sp³-hybridized carbons (Fsp3) is 0.857. The average Bonchev–Trinajstić information content (AvgIpc) is 3.01. The first-order valence-corrected chi connectivity index (χ1v) is 7.30. The van der Waals surface area contributed by atoms with E-state index in [9.17, 15) is 0 Å². The normalized spacial score (nSPS) is 34.0. The molecule has 2 unspecified atom stereocenters. The Hall–Kier alpha value is -0.900. The lowest BCUT2D eigenvalue weighted by Crippen LogP contribution is -2.45. The largest absolute Gasteiger partial charge is 0.339 e. The van der Waals surface area contributed by atoms with Crippen LogP contribution in [-0.4, -0.2) is 16.2 Å². The van der Waals surface area contributed by atoms with E-state index in [1.54, 1.807) is 0 Å². The van der Waals surface area contributed by atoms with Gasteiger partial charge in [0.1, 0.15) is 0 Å². The van der Waals surface area contributed by atoms with Gasteiger partial charge in [-0.3, -0.25) is 0 Å². The summed E-state index contributed by atoms with van der Waals surface area (Å²) in [6.07, 6.45) is 9.59. The van der Waals surface area contributed by atoms with Crippen LogP contribution in [0.1, 0.15) is 75.9 Å². The van der Waals surface area contributed by atoms with Crippen LogP contribution >= 0.6 is 0 Å². The van der Waals surface area contributed by atoms with Gasteiger partial charge in [0.25, 0.3) is 0 Å². The lowest BCUT2D eigenvalue weighted by Gasteiger charge is -2.35. The first kappa shape index (κ1) is 12.2. The molecule has 0 aromatic carbocycles. The first-order chi connectivity index (χ1) is 8.70. The zero-order valence-electron chi connectivity index (χ0n) is 11.2. The Morgan fingerprint density at radius 3 is 2.61 bits per heavy atom. The van der Waals surface area contributed by atoms with Gasteiger partial charge in [-0.1, -0.05) is 30.8 Å². The molecule has 2 saturated carbocycles. The third-order valence-electron chi connectivity index (χ3n) is 4.93. The van der Waals surface area contributed by atoms with Crippen molar-refractivity contribution < 1.29 is 4.52 Å². The maximum absolute atomic E-state index is 6.28. The standard InChI is InChI=1S/C14H23N3O/c1-14(9-5-4-8-11(14)15)13-16-12(17-18-13)10-6-2-3-7-10/h10-11H,2-9,15H2,1H3. The van der Waals surface area contributed by atoms with E-state index in [1.165, 1.54) is 38.5 Å². The lowest BCUT2D eigenvalue weighted by atomic mass is 9.72. The number of nitrogens with two attached hydrogens (primary N) is 1. The molecule has 2 aliphatic rings. The Bertz CT molecular complexity index is 411. The molecule has 2 atom stereocenters. The highest BCUT2D eigenvalue weighted by molar-refractivity contribution is 5.11. The van der Waals surface area contributed by atoms with Crippen molar-refractivity contribution in [1.82, 2.24) is 10.1 Å². The summed E-state index contributed by atoms with van der Waals surface area (Å²) >= 11 is 0. The minimum absolute atomic E-state index is 0.109. The topological polar surface area (TPSA) is 64.9 Å². The second-order valence-corrected chi connectivity index (χ2v) is 6.21. The maximum Gasteiger partial charge on any atom is 0.234 e. The predicted molar refractivity (Wildman–Crippen MR) is 69.3 cm³/mol. The van der Waals surface area contributed by atoms with E-state index in [4.69, 9.17) is 10.3 Å². The summed E-state index contributed by atoms with van der Waals surface area (Å²) in [7, 11) is 0. The van der Waals surface area contributed by atoms with Gasteiger partial charge < -0.3 is 10.3 Å². The molecule has 0 bridgehead atoms. The zero-order valence-corrected chi connectivity index (χ0v) is 11.2. The highest BCUT2D eigenvalue weighted by Crippen LogP contribution is 2.39. The quantitative estimate of drug-likeness (QED) is 0.875. The second kappa shape index (κ2) is 4.65. The summed E-state index contributed by atoms with van der Waals surface area (Å²) in [5.41, 5.74) is 6.17. The van der Waals surface area contributed by atoms with Crippen LogP contribution < -0.4 is 5.73 Å². The molecule has 4 heteroatoms. The zero-order chi connectivity index (χ0) is 12.6. The summed E-state index contributed by atoms with van der Waals surface area (Å²) in [5, 5.41) is 4.21. The van der Waals surface area contributed by atoms with E-state index in [0.717, 1.165) is 24.6 Å². The number of aromatic nitrogens is 2.